The lowest BCUT2D eigenvalue weighted by molar-refractivity contribution is 0.112. The molecule has 2 aromatic carbocycles. The van der Waals surface area contributed by atoms with Crippen molar-refractivity contribution in [2.45, 2.75) is 58.3 Å². The molecule has 0 atom stereocenters. The van der Waals surface area contributed by atoms with Crippen molar-refractivity contribution in [3.8, 4) is 16.9 Å². The van der Waals surface area contributed by atoms with E-state index in [4.69, 9.17) is 4.74 Å². The molecular formula is C23H28O2. The molecule has 0 radical (unpaired) electrons. The fraction of sp³-hybridized carbons (Fsp3) is 0.435. The number of methoxy groups -OCH3 is 1. The van der Waals surface area contributed by atoms with Crippen LogP contribution in [0.5, 0.6) is 5.75 Å². The largest absolute Gasteiger partial charge is 0.495 e. The van der Waals surface area contributed by atoms with Crippen LogP contribution in [0.25, 0.3) is 11.1 Å². The van der Waals surface area contributed by atoms with Crippen LogP contribution in [-0.2, 0) is 10.8 Å². The third-order valence-corrected chi connectivity index (χ3v) is 5.86. The van der Waals surface area contributed by atoms with Crippen LogP contribution in [0.4, 0.5) is 0 Å². The molecule has 0 spiro atoms. The van der Waals surface area contributed by atoms with Crippen molar-refractivity contribution >= 4 is 6.29 Å². The predicted molar refractivity (Wildman–Crippen MR) is 104 cm³/mol. The Morgan fingerprint density at radius 1 is 0.960 bits per heavy atom. The molecule has 2 aromatic rings. The highest BCUT2D eigenvalue weighted by Gasteiger charge is 2.37. The van der Waals surface area contributed by atoms with E-state index in [1.807, 2.05) is 12.1 Å². The maximum Gasteiger partial charge on any atom is 0.153 e. The van der Waals surface area contributed by atoms with Crippen LogP contribution in [0.15, 0.2) is 30.3 Å². The average molecular weight is 336 g/mol. The van der Waals surface area contributed by atoms with Crippen LogP contribution < -0.4 is 4.74 Å². The Labute approximate surface area is 151 Å². The smallest absolute Gasteiger partial charge is 0.153 e. The van der Waals surface area contributed by atoms with Gasteiger partial charge in [-0.05, 0) is 65.0 Å². The third kappa shape index (κ3) is 2.88. The fourth-order valence-corrected chi connectivity index (χ4v) is 4.10. The SMILES string of the molecule is COc1c(C=O)cccc1-c1cc2c(cc1C)C(C)(C)CCC2(C)C. The monoisotopic (exact) mass is 336 g/mol. The quantitative estimate of drug-likeness (QED) is 0.659. The summed E-state index contributed by atoms with van der Waals surface area (Å²) in [4.78, 5) is 11.4. The summed E-state index contributed by atoms with van der Waals surface area (Å²) in [6, 6.07) is 10.4. The Bertz CT molecular complexity index is 828. The fourth-order valence-electron chi connectivity index (χ4n) is 4.10. The number of carbonyl (C=O) groups excluding carboxylic acids is 1. The minimum atomic E-state index is 0.156. The van der Waals surface area contributed by atoms with E-state index < -0.39 is 0 Å². The van der Waals surface area contributed by atoms with E-state index in [0.29, 0.717) is 11.3 Å². The van der Waals surface area contributed by atoms with Gasteiger partial charge in [-0.2, -0.15) is 0 Å². The zero-order valence-electron chi connectivity index (χ0n) is 16.2. The molecule has 0 aromatic heterocycles. The highest BCUT2D eigenvalue weighted by molar-refractivity contribution is 5.87. The molecule has 132 valence electrons. The zero-order valence-corrected chi connectivity index (χ0v) is 16.2. The molecular weight excluding hydrogens is 308 g/mol. The molecule has 0 saturated heterocycles. The van der Waals surface area contributed by atoms with Crippen molar-refractivity contribution in [3.05, 3.63) is 52.6 Å². The summed E-state index contributed by atoms with van der Waals surface area (Å²) in [5.74, 6) is 0.661. The Kier molecular flexibility index (Phi) is 4.26. The molecule has 0 fully saturated rings. The molecule has 0 aliphatic heterocycles. The lowest BCUT2D eigenvalue weighted by Crippen LogP contribution is -2.34. The van der Waals surface area contributed by atoms with Gasteiger partial charge < -0.3 is 4.74 Å². The first kappa shape index (κ1) is 17.7. The highest BCUT2D eigenvalue weighted by atomic mass is 16.5. The van der Waals surface area contributed by atoms with Crippen LogP contribution in [0, 0.1) is 6.92 Å². The van der Waals surface area contributed by atoms with Gasteiger partial charge in [0.15, 0.2) is 6.29 Å². The van der Waals surface area contributed by atoms with Gasteiger partial charge >= 0.3 is 0 Å². The minimum Gasteiger partial charge on any atom is -0.495 e. The van der Waals surface area contributed by atoms with E-state index in [1.54, 1.807) is 13.2 Å². The second-order valence-corrected chi connectivity index (χ2v) is 8.53. The topological polar surface area (TPSA) is 26.3 Å². The van der Waals surface area contributed by atoms with E-state index >= 15 is 0 Å². The molecule has 1 aliphatic rings. The molecule has 0 N–H and O–H groups in total. The molecule has 2 heteroatoms. The maximum absolute atomic E-state index is 11.4. The normalized spacial score (nSPS) is 17.7. The number of rotatable bonds is 3. The van der Waals surface area contributed by atoms with Crippen LogP contribution in [0.2, 0.25) is 0 Å². The number of hydrogen-bond donors (Lipinski definition) is 0. The van der Waals surface area contributed by atoms with Gasteiger partial charge in [0.05, 0.1) is 12.7 Å². The van der Waals surface area contributed by atoms with E-state index in [-0.39, 0.29) is 10.8 Å². The summed E-state index contributed by atoms with van der Waals surface area (Å²) in [5, 5.41) is 0. The zero-order chi connectivity index (χ0) is 18.4. The van der Waals surface area contributed by atoms with Crippen molar-refractivity contribution in [1.82, 2.24) is 0 Å². The first-order valence-corrected chi connectivity index (χ1v) is 8.99. The Morgan fingerprint density at radius 2 is 1.56 bits per heavy atom. The molecule has 0 amide bonds. The maximum atomic E-state index is 11.4. The van der Waals surface area contributed by atoms with Gasteiger partial charge in [-0.1, -0.05) is 45.9 Å². The second-order valence-electron chi connectivity index (χ2n) is 8.53. The average Bonchev–Trinajstić information content (AvgIpc) is 2.58. The Hall–Kier alpha value is -2.09. The van der Waals surface area contributed by atoms with Gasteiger partial charge in [0.25, 0.3) is 0 Å². The van der Waals surface area contributed by atoms with E-state index in [0.717, 1.165) is 17.4 Å². The first-order chi connectivity index (χ1) is 11.7. The number of carbonyl (C=O) groups is 1. The highest BCUT2D eigenvalue weighted by Crippen LogP contribution is 2.48. The summed E-state index contributed by atoms with van der Waals surface area (Å²) in [6.45, 7) is 11.5. The van der Waals surface area contributed by atoms with Crippen molar-refractivity contribution in [1.29, 1.82) is 0 Å². The molecule has 0 bridgehead atoms. The van der Waals surface area contributed by atoms with Crippen molar-refractivity contribution in [2.75, 3.05) is 7.11 Å². The summed E-state index contributed by atoms with van der Waals surface area (Å²) >= 11 is 0. The number of aryl methyl sites for hydroxylation is 1. The molecule has 3 rings (SSSR count). The van der Waals surface area contributed by atoms with E-state index in [9.17, 15) is 4.79 Å². The summed E-state index contributed by atoms with van der Waals surface area (Å²) in [5.41, 5.74) is 7.20. The van der Waals surface area contributed by atoms with Gasteiger partial charge in [-0.25, -0.2) is 0 Å². The number of benzene rings is 2. The Balaban J connectivity index is 2.29. The van der Waals surface area contributed by atoms with Gasteiger partial charge in [0, 0.05) is 5.56 Å². The molecule has 2 nitrogen and oxygen atoms in total. The standard InChI is InChI=1S/C23H28O2/c1-15-12-19-20(23(4,5)11-10-22(19,2)3)13-18(15)17-9-7-8-16(14-24)21(17)25-6/h7-9,12-14H,10-11H2,1-6H3. The third-order valence-electron chi connectivity index (χ3n) is 5.86. The van der Waals surface area contributed by atoms with Gasteiger partial charge in [0.2, 0.25) is 0 Å². The number of para-hydroxylation sites is 1. The van der Waals surface area contributed by atoms with Gasteiger partial charge in [-0.3, -0.25) is 4.79 Å². The minimum absolute atomic E-state index is 0.156. The summed E-state index contributed by atoms with van der Waals surface area (Å²) in [6.07, 6.45) is 3.25. The van der Waals surface area contributed by atoms with Crippen molar-refractivity contribution in [3.63, 3.8) is 0 Å². The van der Waals surface area contributed by atoms with Crippen molar-refractivity contribution < 1.29 is 9.53 Å². The molecule has 25 heavy (non-hydrogen) atoms. The van der Waals surface area contributed by atoms with E-state index in [1.165, 1.54) is 29.5 Å². The first-order valence-electron chi connectivity index (χ1n) is 8.99. The van der Waals surface area contributed by atoms with Gasteiger partial charge in [0.1, 0.15) is 5.75 Å². The van der Waals surface area contributed by atoms with Crippen LogP contribution in [-0.4, -0.2) is 13.4 Å². The van der Waals surface area contributed by atoms with Gasteiger partial charge in [-0.15, -0.1) is 0 Å². The Morgan fingerprint density at radius 3 is 2.12 bits per heavy atom. The van der Waals surface area contributed by atoms with E-state index in [2.05, 4.69) is 46.8 Å². The number of aldehydes is 1. The lowest BCUT2D eigenvalue weighted by atomic mass is 9.62. The number of fused-ring (bicyclic) bond motifs is 1. The summed E-state index contributed by atoms with van der Waals surface area (Å²) < 4.78 is 5.58. The predicted octanol–water partition coefficient (Wildman–Crippen LogP) is 5.83. The van der Waals surface area contributed by atoms with Crippen LogP contribution in [0.1, 0.15) is 67.6 Å². The summed E-state index contributed by atoms with van der Waals surface area (Å²) in [7, 11) is 1.63. The molecule has 0 unspecified atom stereocenters. The lowest BCUT2D eigenvalue weighted by Gasteiger charge is -2.42. The van der Waals surface area contributed by atoms with Crippen LogP contribution >= 0.6 is 0 Å². The number of ether oxygens (including phenoxy) is 1. The molecule has 0 saturated carbocycles. The van der Waals surface area contributed by atoms with Crippen molar-refractivity contribution in [2.24, 2.45) is 0 Å². The second kappa shape index (κ2) is 6.01. The van der Waals surface area contributed by atoms with Crippen LogP contribution in [0.3, 0.4) is 0 Å². The number of hydrogen-bond acceptors (Lipinski definition) is 2. The molecule has 1 aliphatic carbocycles. The molecule has 0 heterocycles.